The highest BCUT2D eigenvalue weighted by atomic mass is 32.2. The van der Waals surface area contributed by atoms with Gasteiger partial charge in [0, 0.05) is 0 Å². The summed E-state index contributed by atoms with van der Waals surface area (Å²) < 4.78 is 26.4. The lowest BCUT2D eigenvalue weighted by Gasteiger charge is -2.16. The Morgan fingerprint density at radius 3 is 2.29 bits per heavy atom. The van der Waals surface area contributed by atoms with Crippen molar-refractivity contribution in [1.29, 1.82) is 0 Å². The van der Waals surface area contributed by atoms with Crippen LogP contribution >= 0.6 is 0 Å². The van der Waals surface area contributed by atoms with Gasteiger partial charge in [-0.3, -0.25) is 4.79 Å². The number of amides is 1. The summed E-state index contributed by atoms with van der Waals surface area (Å²) in [5.74, 6) is -0.798. The summed E-state index contributed by atoms with van der Waals surface area (Å²) in [7, 11) is -3.55. The van der Waals surface area contributed by atoms with Crippen LogP contribution in [0.4, 0.5) is 5.69 Å². The van der Waals surface area contributed by atoms with Crippen LogP contribution in [0.2, 0.25) is 0 Å². The molecule has 9 heteroatoms. The molecular weight excluding hydrogens is 330 g/mol. The van der Waals surface area contributed by atoms with Gasteiger partial charge < -0.3 is 17.2 Å². The molecule has 1 amide bonds. The molecule has 134 valence electrons. The van der Waals surface area contributed by atoms with E-state index in [1.807, 2.05) is 6.92 Å². The largest absolute Gasteiger partial charge is 0.370 e. The number of benzene rings is 1. The number of guanidine groups is 1. The number of primary amides is 1. The van der Waals surface area contributed by atoms with Gasteiger partial charge in [-0.05, 0) is 30.5 Å². The molecule has 0 spiro atoms. The summed E-state index contributed by atoms with van der Waals surface area (Å²) in [4.78, 5) is 15.4. The Balaban J connectivity index is 2.76. The molecule has 0 aromatic heterocycles. The Bertz CT molecular complexity index is 667. The lowest BCUT2D eigenvalue weighted by molar-refractivity contribution is -0.119. The maximum atomic E-state index is 12.0. The Hall–Kier alpha value is -2.13. The smallest absolute Gasteiger partial charge is 0.235 e. The minimum absolute atomic E-state index is 0.0198. The number of carbonyl (C=O) groups excluding carboxylic acids is 1. The maximum Gasteiger partial charge on any atom is 0.235 e. The first kappa shape index (κ1) is 19.9. The third-order valence-electron chi connectivity index (χ3n) is 3.32. The molecule has 0 radical (unpaired) electrons. The summed E-state index contributed by atoms with van der Waals surface area (Å²) in [5.41, 5.74) is 17.2. The van der Waals surface area contributed by atoms with Crippen molar-refractivity contribution in [2.45, 2.75) is 38.6 Å². The van der Waals surface area contributed by atoms with Gasteiger partial charge in [-0.2, -0.15) is 0 Å². The highest BCUT2D eigenvalue weighted by molar-refractivity contribution is 7.89. The summed E-state index contributed by atoms with van der Waals surface area (Å²) in [6, 6.07) is 5.77. The topological polar surface area (TPSA) is 154 Å². The molecule has 8 nitrogen and oxygen atoms in total. The van der Waals surface area contributed by atoms with Crippen molar-refractivity contribution in [3.8, 4) is 0 Å². The first-order valence-electron chi connectivity index (χ1n) is 7.71. The van der Waals surface area contributed by atoms with Gasteiger partial charge in [-0.1, -0.05) is 31.9 Å². The van der Waals surface area contributed by atoms with E-state index in [0.29, 0.717) is 12.1 Å². The van der Waals surface area contributed by atoms with Crippen LogP contribution in [0.1, 0.15) is 31.7 Å². The van der Waals surface area contributed by atoms with E-state index in [1.165, 1.54) is 0 Å². The number of nitrogens with two attached hydrogens (primary N) is 3. The van der Waals surface area contributed by atoms with Gasteiger partial charge >= 0.3 is 0 Å². The molecule has 0 saturated carbocycles. The average molecular weight is 355 g/mol. The van der Waals surface area contributed by atoms with Crippen LogP contribution in [0.15, 0.2) is 29.3 Å². The molecule has 1 aromatic carbocycles. The highest BCUT2D eigenvalue weighted by Crippen LogP contribution is 2.14. The lowest BCUT2D eigenvalue weighted by Crippen LogP contribution is -2.46. The first-order valence-corrected chi connectivity index (χ1v) is 9.36. The molecule has 1 atom stereocenters. The Labute approximate surface area is 142 Å². The number of sulfonamides is 1. The van der Waals surface area contributed by atoms with Crippen LogP contribution in [-0.4, -0.2) is 32.1 Å². The van der Waals surface area contributed by atoms with E-state index < -0.39 is 22.0 Å². The summed E-state index contributed by atoms with van der Waals surface area (Å²) in [5, 5.41) is 0. The molecule has 1 rings (SSSR count). The van der Waals surface area contributed by atoms with E-state index in [0.717, 1.165) is 18.4 Å². The quantitative estimate of drug-likeness (QED) is 0.266. The highest BCUT2D eigenvalue weighted by Gasteiger charge is 2.22. The number of nitrogens with one attached hydrogen (secondary N) is 1. The van der Waals surface area contributed by atoms with Crippen molar-refractivity contribution in [1.82, 2.24) is 4.72 Å². The second-order valence-electron chi connectivity index (χ2n) is 5.51. The molecule has 24 heavy (non-hydrogen) atoms. The zero-order chi connectivity index (χ0) is 18.2. The second kappa shape index (κ2) is 9.24. The second-order valence-corrected chi connectivity index (χ2v) is 7.38. The van der Waals surface area contributed by atoms with E-state index in [2.05, 4.69) is 9.71 Å². The van der Waals surface area contributed by atoms with Crippen LogP contribution in [-0.2, 0) is 21.2 Å². The van der Waals surface area contributed by atoms with E-state index in [1.54, 1.807) is 24.3 Å². The van der Waals surface area contributed by atoms with E-state index >= 15 is 0 Å². The zero-order valence-electron chi connectivity index (χ0n) is 13.7. The molecule has 0 unspecified atom stereocenters. The van der Waals surface area contributed by atoms with Crippen LogP contribution in [0.5, 0.6) is 0 Å². The molecular formula is C15H25N5O3S. The van der Waals surface area contributed by atoms with E-state index in [4.69, 9.17) is 17.2 Å². The number of unbranched alkanes of at least 4 members (excludes halogenated alkanes) is 2. The number of nitrogens with zero attached hydrogens (tertiary/aromatic N) is 1. The van der Waals surface area contributed by atoms with Gasteiger partial charge in [-0.15, -0.1) is 0 Å². The molecule has 0 aliphatic rings. The van der Waals surface area contributed by atoms with Crippen molar-refractivity contribution in [3.63, 3.8) is 0 Å². The number of carbonyl (C=O) groups is 1. The Morgan fingerprint density at radius 1 is 1.17 bits per heavy atom. The minimum atomic E-state index is -3.55. The van der Waals surface area contributed by atoms with Crippen LogP contribution in [0.25, 0.3) is 0 Å². The summed E-state index contributed by atoms with van der Waals surface area (Å²) in [6.45, 7) is 1.98. The fourth-order valence-electron chi connectivity index (χ4n) is 2.11. The fourth-order valence-corrected chi connectivity index (χ4v) is 3.44. The van der Waals surface area contributed by atoms with Crippen LogP contribution in [0, 0.1) is 0 Å². The van der Waals surface area contributed by atoms with Gasteiger partial charge in [0.05, 0.1) is 11.4 Å². The number of hydrogen-bond donors (Lipinski definition) is 4. The molecule has 7 N–H and O–H groups in total. The van der Waals surface area contributed by atoms with Crippen LogP contribution in [0.3, 0.4) is 0 Å². The summed E-state index contributed by atoms with van der Waals surface area (Å²) >= 11 is 0. The molecule has 0 aliphatic heterocycles. The number of aliphatic imine (C=N–C) groups is 1. The van der Waals surface area contributed by atoms with E-state index in [9.17, 15) is 13.2 Å². The Morgan fingerprint density at radius 2 is 1.79 bits per heavy atom. The van der Waals surface area contributed by atoms with Gasteiger partial charge in [-0.25, -0.2) is 18.1 Å². The first-order chi connectivity index (χ1) is 11.2. The number of hydrogen-bond acceptors (Lipinski definition) is 4. The zero-order valence-corrected chi connectivity index (χ0v) is 14.6. The van der Waals surface area contributed by atoms with Crippen molar-refractivity contribution in [3.05, 3.63) is 29.8 Å². The molecule has 0 bridgehead atoms. The maximum absolute atomic E-state index is 12.0. The molecule has 0 fully saturated rings. The third kappa shape index (κ3) is 7.42. The normalized spacial score (nSPS) is 12.5. The standard InChI is InChI=1S/C15H25N5O3S/c1-2-3-4-9-24(22,23)20-13(14(16)21)10-11-5-7-12(8-6-11)19-15(17)18/h5-8,13,20H,2-4,9-10H2,1H3,(H2,16,21)(H4,17,18,19)/t13-/m0/s1. The van der Waals surface area contributed by atoms with Gasteiger partial charge in [0.15, 0.2) is 5.96 Å². The minimum Gasteiger partial charge on any atom is -0.370 e. The molecule has 0 aliphatic carbocycles. The van der Waals surface area contributed by atoms with E-state index in [-0.39, 0.29) is 18.1 Å². The van der Waals surface area contributed by atoms with Gasteiger partial charge in [0.25, 0.3) is 0 Å². The van der Waals surface area contributed by atoms with Crippen molar-refractivity contribution >= 4 is 27.6 Å². The van der Waals surface area contributed by atoms with Gasteiger partial charge in [0.1, 0.15) is 6.04 Å². The van der Waals surface area contributed by atoms with Crippen molar-refractivity contribution in [2.24, 2.45) is 22.2 Å². The lowest BCUT2D eigenvalue weighted by atomic mass is 10.1. The summed E-state index contributed by atoms with van der Waals surface area (Å²) in [6.07, 6.45) is 2.43. The number of rotatable bonds is 10. The molecule has 0 heterocycles. The van der Waals surface area contributed by atoms with Gasteiger partial charge in [0.2, 0.25) is 15.9 Å². The Kier molecular flexibility index (Phi) is 7.66. The molecule has 1 aromatic rings. The fraction of sp³-hybridized carbons (Fsp3) is 0.467. The predicted octanol–water partition coefficient (Wildman–Crippen LogP) is 0.0975. The van der Waals surface area contributed by atoms with Crippen molar-refractivity contribution < 1.29 is 13.2 Å². The van der Waals surface area contributed by atoms with Crippen LogP contribution < -0.4 is 21.9 Å². The SMILES string of the molecule is CCCCCS(=O)(=O)N[C@@H](Cc1ccc(N=C(N)N)cc1)C(N)=O. The third-order valence-corrected chi connectivity index (χ3v) is 4.79. The molecule has 0 saturated heterocycles. The predicted molar refractivity (Wildman–Crippen MR) is 95.0 cm³/mol. The monoisotopic (exact) mass is 355 g/mol. The average Bonchev–Trinajstić information content (AvgIpc) is 2.47. The van der Waals surface area contributed by atoms with Crippen molar-refractivity contribution in [2.75, 3.05) is 5.75 Å².